The maximum atomic E-state index is 12.6. The van der Waals surface area contributed by atoms with Crippen LogP contribution in [0.1, 0.15) is 57.9 Å². The van der Waals surface area contributed by atoms with Crippen LogP contribution in [-0.2, 0) is 11.3 Å². The van der Waals surface area contributed by atoms with Crippen molar-refractivity contribution in [1.29, 1.82) is 0 Å². The molecule has 2 N–H and O–H groups in total. The highest BCUT2D eigenvalue weighted by molar-refractivity contribution is 14.0. The summed E-state index contributed by atoms with van der Waals surface area (Å²) in [4.78, 5) is 19.0. The molecule has 0 aromatic heterocycles. The molecule has 7 heteroatoms. The quantitative estimate of drug-likeness (QED) is 0.279. The first kappa shape index (κ1) is 25.7. The first-order valence-electron chi connectivity index (χ1n) is 11.6. The summed E-state index contributed by atoms with van der Waals surface area (Å²) >= 11 is 0. The van der Waals surface area contributed by atoms with E-state index in [9.17, 15) is 4.79 Å². The first-order valence-corrected chi connectivity index (χ1v) is 11.6. The molecule has 1 aromatic carbocycles. The molecule has 1 saturated heterocycles. The molecular weight excluding hydrogens is 503 g/mol. The van der Waals surface area contributed by atoms with Gasteiger partial charge in [0, 0.05) is 44.2 Å². The van der Waals surface area contributed by atoms with Crippen molar-refractivity contribution in [2.24, 2.45) is 16.8 Å². The highest BCUT2D eigenvalue weighted by Crippen LogP contribution is 2.30. The number of piperidine rings is 1. The second kappa shape index (κ2) is 13.1. The van der Waals surface area contributed by atoms with Crippen molar-refractivity contribution in [3.63, 3.8) is 0 Å². The summed E-state index contributed by atoms with van der Waals surface area (Å²) in [5.41, 5.74) is 1.15. The minimum Gasteiger partial charge on any atom is -0.493 e. The number of para-hydroxylation sites is 1. The Balaban J connectivity index is 0.00000341. The molecule has 174 valence electrons. The number of ether oxygens (including phenoxy) is 1. The third-order valence-corrected chi connectivity index (χ3v) is 6.30. The number of benzene rings is 1. The summed E-state index contributed by atoms with van der Waals surface area (Å²) in [5.74, 6) is 3.00. The van der Waals surface area contributed by atoms with E-state index < -0.39 is 0 Å². The number of amides is 1. The van der Waals surface area contributed by atoms with E-state index in [0.717, 1.165) is 68.6 Å². The van der Waals surface area contributed by atoms with Gasteiger partial charge in [-0.2, -0.15) is 0 Å². The average Bonchev–Trinajstić information content (AvgIpc) is 3.61. The van der Waals surface area contributed by atoms with Gasteiger partial charge in [-0.15, -0.1) is 24.0 Å². The smallest absolute Gasteiger partial charge is 0.225 e. The van der Waals surface area contributed by atoms with E-state index in [2.05, 4.69) is 35.5 Å². The summed E-state index contributed by atoms with van der Waals surface area (Å²) < 4.78 is 6.01. The molecule has 1 aliphatic heterocycles. The second-order valence-electron chi connectivity index (χ2n) is 8.55. The van der Waals surface area contributed by atoms with Crippen LogP contribution in [0.4, 0.5) is 0 Å². The topological polar surface area (TPSA) is 66.0 Å². The monoisotopic (exact) mass is 542 g/mol. The Morgan fingerprint density at radius 1 is 1.16 bits per heavy atom. The van der Waals surface area contributed by atoms with Gasteiger partial charge < -0.3 is 20.3 Å². The lowest BCUT2D eigenvalue weighted by molar-refractivity contribution is -0.136. The highest BCUT2D eigenvalue weighted by Gasteiger charge is 2.27. The van der Waals surface area contributed by atoms with Gasteiger partial charge in [-0.25, -0.2) is 0 Å². The van der Waals surface area contributed by atoms with Crippen molar-refractivity contribution in [2.75, 3.05) is 26.7 Å². The van der Waals surface area contributed by atoms with Crippen molar-refractivity contribution in [3.05, 3.63) is 29.8 Å². The fourth-order valence-electron chi connectivity index (χ4n) is 3.99. The zero-order chi connectivity index (χ0) is 21.3. The Morgan fingerprint density at radius 2 is 1.84 bits per heavy atom. The Morgan fingerprint density at radius 3 is 2.45 bits per heavy atom. The molecule has 1 heterocycles. The number of nitrogens with one attached hydrogen (secondary N) is 2. The molecule has 31 heavy (non-hydrogen) atoms. The number of rotatable bonds is 9. The van der Waals surface area contributed by atoms with Crippen molar-refractivity contribution in [1.82, 2.24) is 15.5 Å². The molecule has 0 unspecified atom stereocenters. The van der Waals surface area contributed by atoms with Crippen molar-refractivity contribution < 1.29 is 9.53 Å². The Hall–Kier alpha value is -1.51. The standard InChI is InChI=1S/C24H38N4O2.HI/c1-4-19(5-2)23(29)28-14-12-21(13-15-28)27-24(25-3)26-16-20-8-6-7-9-22(20)30-17-18-10-11-18;/h6-9,18-19,21H,4-5,10-17H2,1-3H3,(H2,25,26,27);1H. The molecule has 6 nitrogen and oxygen atoms in total. The van der Waals surface area contributed by atoms with Crippen LogP contribution in [0.3, 0.4) is 0 Å². The van der Waals surface area contributed by atoms with Gasteiger partial charge >= 0.3 is 0 Å². The van der Waals surface area contributed by atoms with E-state index in [1.54, 1.807) is 7.05 Å². The minimum atomic E-state index is 0. The molecule has 0 atom stereocenters. The summed E-state index contributed by atoms with van der Waals surface area (Å²) in [5, 5.41) is 6.96. The average molecular weight is 543 g/mol. The van der Waals surface area contributed by atoms with E-state index in [-0.39, 0.29) is 29.9 Å². The molecule has 0 spiro atoms. The summed E-state index contributed by atoms with van der Waals surface area (Å²) in [6.07, 6.45) is 6.34. The lowest BCUT2D eigenvalue weighted by Crippen LogP contribution is -2.50. The fourth-order valence-corrected chi connectivity index (χ4v) is 3.99. The number of nitrogens with zero attached hydrogens (tertiary/aromatic N) is 2. The van der Waals surface area contributed by atoms with Gasteiger partial charge in [0.25, 0.3) is 0 Å². The molecular formula is C24H39IN4O2. The SMILES string of the molecule is CCC(CC)C(=O)N1CCC(NC(=NC)NCc2ccccc2OCC2CC2)CC1.I. The number of hydrogen-bond acceptors (Lipinski definition) is 3. The molecule has 0 radical (unpaired) electrons. The zero-order valence-electron chi connectivity index (χ0n) is 19.2. The molecule has 1 saturated carbocycles. The van der Waals surface area contributed by atoms with Crippen LogP contribution in [0.15, 0.2) is 29.3 Å². The van der Waals surface area contributed by atoms with Crippen LogP contribution in [0.2, 0.25) is 0 Å². The van der Waals surface area contributed by atoms with E-state index in [0.29, 0.717) is 18.5 Å². The zero-order valence-corrected chi connectivity index (χ0v) is 21.6. The maximum Gasteiger partial charge on any atom is 0.225 e. The molecule has 3 rings (SSSR count). The Kier molecular flexibility index (Phi) is 10.9. The predicted molar refractivity (Wildman–Crippen MR) is 137 cm³/mol. The van der Waals surface area contributed by atoms with Gasteiger partial charge in [0.15, 0.2) is 5.96 Å². The summed E-state index contributed by atoms with van der Waals surface area (Å²) in [6, 6.07) is 8.55. The second-order valence-corrected chi connectivity index (χ2v) is 8.55. The van der Waals surface area contributed by atoms with Crippen molar-refractivity contribution in [2.45, 2.75) is 65.0 Å². The van der Waals surface area contributed by atoms with Crippen LogP contribution in [0.5, 0.6) is 5.75 Å². The van der Waals surface area contributed by atoms with Gasteiger partial charge in [0.05, 0.1) is 6.61 Å². The number of guanidine groups is 1. The van der Waals surface area contributed by atoms with Gasteiger partial charge in [0.2, 0.25) is 5.91 Å². The number of carbonyl (C=O) groups excluding carboxylic acids is 1. The Bertz CT molecular complexity index is 711. The predicted octanol–water partition coefficient (Wildman–Crippen LogP) is 4.19. The number of halogens is 1. The summed E-state index contributed by atoms with van der Waals surface area (Å²) in [7, 11) is 1.80. The maximum absolute atomic E-state index is 12.6. The summed E-state index contributed by atoms with van der Waals surface area (Å²) in [6.45, 7) is 7.34. The van der Waals surface area contributed by atoms with Crippen molar-refractivity contribution in [3.8, 4) is 5.75 Å². The molecule has 1 aromatic rings. The van der Waals surface area contributed by atoms with Crippen LogP contribution in [-0.4, -0.2) is 49.6 Å². The van der Waals surface area contributed by atoms with Crippen LogP contribution >= 0.6 is 24.0 Å². The van der Waals surface area contributed by atoms with Gasteiger partial charge in [-0.3, -0.25) is 9.79 Å². The molecule has 0 bridgehead atoms. The lowest BCUT2D eigenvalue weighted by Gasteiger charge is -2.34. The number of hydrogen-bond donors (Lipinski definition) is 2. The van der Waals surface area contributed by atoms with Crippen LogP contribution in [0.25, 0.3) is 0 Å². The fraction of sp³-hybridized carbons (Fsp3) is 0.667. The van der Waals surface area contributed by atoms with E-state index in [1.165, 1.54) is 12.8 Å². The lowest BCUT2D eigenvalue weighted by atomic mass is 9.98. The number of carbonyl (C=O) groups is 1. The van der Waals surface area contributed by atoms with Gasteiger partial charge in [-0.05, 0) is 50.5 Å². The normalized spacial score (nSPS) is 17.3. The van der Waals surface area contributed by atoms with E-state index >= 15 is 0 Å². The number of likely N-dealkylation sites (tertiary alicyclic amines) is 1. The third kappa shape index (κ3) is 7.84. The first-order chi connectivity index (χ1) is 14.6. The van der Waals surface area contributed by atoms with Crippen LogP contribution < -0.4 is 15.4 Å². The largest absolute Gasteiger partial charge is 0.493 e. The Labute approximate surface area is 204 Å². The molecule has 1 aliphatic carbocycles. The van der Waals surface area contributed by atoms with Gasteiger partial charge in [0.1, 0.15) is 5.75 Å². The number of aliphatic imine (C=N–C) groups is 1. The molecule has 2 fully saturated rings. The molecule has 1 amide bonds. The third-order valence-electron chi connectivity index (χ3n) is 6.30. The molecule has 2 aliphatic rings. The van der Waals surface area contributed by atoms with Crippen molar-refractivity contribution >= 4 is 35.8 Å². The van der Waals surface area contributed by atoms with E-state index in [4.69, 9.17) is 4.74 Å². The van der Waals surface area contributed by atoms with Crippen LogP contribution in [0, 0.1) is 11.8 Å². The van der Waals surface area contributed by atoms with E-state index in [1.807, 2.05) is 23.1 Å². The van der Waals surface area contributed by atoms with Gasteiger partial charge in [-0.1, -0.05) is 32.0 Å². The minimum absolute atomic E-state index is 0. The highest BCUT2D eigenvalue weighted by atomic mass is 127.